The summed E-state index contributed by atoms with van der Waals surface area (Å²) in [6.07, 6.45) is 1.81. The van der Waals surface area contributed by atoms with E-state index in [4.69, 9.17) is 5.26 Å². The van der Waals surface area contributed by atoms with Gasteiger partial charge in [-0.25, -0.2) is 0 Å². The van der Waals surface area contributed by atoms with E-state index in [1.54, 1.807) is 0 Å². The molecule has 0 aliphatic heterocycles. The van der Waals surface area contributed by atoms with Crippen molar-refractivity contribution in [3.8, 4) is 6.07 Å². The molecular formula is C20H17N3. The van der Waals surface area contributed by atoms with Crippen molar-refractivity contribution in [3.63, 3.8) is 0 Å². The molecule has 0 saturated carbocycles. The summed E-state index contributed by atoms with van der Waals surface area (Å²) >= 11 is 0. The van der Waals surface area contributed by atoms with Crippen LogP contribution in [0.15, 0.2) is 79.0 Å². The molecule has 1 N–H and O–H groups in total. The third kappa shape index (κ3) is 3.82. The zero-order valence-corrected chi connectivity index (χ0v) is 12.7. The maximum Gasteiger partial charge on any atom is 0.0991 e. The largest absolute Gasteiger partial charge is 0.301 e. The van der Waals surface area contributed by atoms with Crippen LogP contribution in [0.25, 0.3) is 0 Å². The Morgan fingerprint density at radius 1 is 0.957 bits per heavy atom. The highest BCUT2D eigenvalue weighted by Crippen LogP contribution is 2.20. The first-order chi connectivity index (χ1) is 11.4. The van der Waals surface area contributed by atoms with Gasteiger partial charge in [0.1, 0.15) is 0 Å². The second-order valence-electron chi connectivity index (χ2n) is 5.29. The molecule has 0 aliphatic rings. The quantitative estimate of drug-likeness (QED) is 0.779. The van der Waals surface area contributed by atoms with Crippen molar-refractivity contribution in [3.05, 3.63) is 101 Å². The summed E-state index contributed by atoms with van der Waals surface area (Å²) in [6, 6.07) is 26.1. The average molecular weight is 299 g/mol. The third-order valence-corrected chi connectivity index (χ3v) is 3.68. The molecule has 3 rings (SSSR count). The summed E-state index contributed by atoms with van der Waals surface area (Å²) in [6.45, 7) is 0.672. The van der Waals surface area contributed by atoms with E-state index in [0.717, 1.165) is 11.3 Å². The molecule has 112 valence electrons. The van der Waals surface area contributed by atoms with Crippen LogP contribution in [0.1, 0.15) is 28.4 Å². The van der Waals surface area contributed by atoms with Gasteiger partial charge in [-0.15, -0.1) is 0 Å². The Bertz CT molecular complexity index is 752. The lowest BCUT2D eigenvalue weighted by molar-refractivity contribution is 0.592. The number of nitrogens with zero attached hydrogens (tertiary/aromatic N) is 2. The number of rotatable bonds is 5. The van der Waals surface area contributed by atoms with Gasteiger partial charge >= 0.3 is 0 Å². The third-order valence-electron chi connectivity index (χ3n) is 3.68. The molecule has 1 aromatic heterocycles. The van der Waals surface area contributed by atoms with Crippen LogP contribution in [0.3, 0.4) is 0 Å². The van der Waals surface area contributed by atoms with Gasteiger partial charge in [0, 0.05) is 12.7 Å². The Morgan fingerprint density at radius 3 is 2.52 bits per heavy atom. The highest BCUT2D eigenvalue weighted by molar-refractivity contribution is 5.33. The van der Waals surface area contributed by atoms with E-state index in [1.807, 2.05) is 66.9 Å². The van der Waals surface area contributed by atoms with Gasteiger partial charge in [0.15, 0.2) is 0 Å². The Balaban J connectivity index is 1.83. The second-order valence-corrected chi connectivity index (χ2v) is 5.29. The number of benzene rings is 2. The van der Waals surface area contributed by atoms with E-state index < -0.39 is 0 Å². The monoisotopic (exact) mass is 299 g/mol. The predicted octanol–water partition coefficient (Wildman–Crippen LogP) is 3.83. The number of aromatic nitrogens is 1. The van der Waals surface area contributed by atoms with E-state index >= 15 is 0 Å². The fraction of sp³-hybridized carbons (Fsp3) is 0.100. The van der Waals surface area contributed by atoms with Gasteiger partial charge in [-0.1, -0.05) is 48.5 Å². The van der Waals surface area contributed by atoms with E-state index in [1.165, 1.54) is 5.56 Å². The summed E-state index contributed by atoms with van der Waals surface area (Å²) < 4.78 is 0. The normalized spacial score (nSPS) is 11.6. The van der Waals surface area contributed by atoms with Crippen LogP contribution in [-0.4, -0.2) is 4.98 Å². The van der Waals surface area contributed by atoms with Gasteiger partial charge < -0.3 is 5.32 Å². The predicted molar refractivity (Wildman–Crippen MR) is 90.5 cm³/mol. The minimum absolute atomic E-state index is 0.0168. The van der Waals surface area contributed by atoms with Crippen LogP contribution in [0.2, 0.25) is 0 Å². The topological polar surface area (TPSA) is 48.7 Å². The molecule has 2 aromatic carbocycles. The molecule has 3 heteroatoms. The lowest BCUT2D eigenvalue weighted by Gasteiger charge is -2.19. The minimum atomic E-state index is 0.0168. The summed E-state index contributed by atoms with van der Waals surface area (Å²) in [5, 5.41) is 12.6. The average Bonchev–Trinajstić information content (AvgIpc) is 2.64. The smallest absolute Gasteiger partial charge is 0.0991 e. The Kier molecular flexibility index (Phi) is 4.78. The molecule has 0 amide bonds. The van der Waals surface area contributed by atoms with Crippen LogP contribution < -0.4 is 5.32 Å². The molecule has 1 heterocycles. The van der Waals surface area contributed by atoms with Gasteiger partial charge in [-0.3, -0.25) is 4.98 Å². The first-order valence-corrected chi connectivity index (χ1v) is 7.55. The molecule has 0 fully saturated rings. The zero-order valence-electron chi connectivity index (χ0n) is 12.7. The summed E-state index contributed by atoms with van der Waals surface area (Å²) in [5.41, 5.74) is 3.91. The Morgan fingerprint density at radius 2 is 1.78 bits per heavy atom. The number of nitrogens with one attached hydrogen (secondary N) is 1. The maximum atomic E-state index is 9.02. The summed E-state index contributed by atoms with van der Waals surface area (Å²) in [7, 11) is 0. The van der Waals surface area contributed by atoms with E-state index in [0.29, 0.717) is 12.1 Å². The van der Waals surface area contributed by atoms with Crippen molar-refractivity contribution in [2.24, 2.45) is 0 Å². The highest BCUT2D eigenvalue weighted by atomic mass is 14.9. The first-order valence-electron chi connectivity index (χ1n) is 7.55. The van der Waals surface area contributed by atoms with Crippen molar-refractivity contribution < 1.29 is 0 Å². The number of hydrogen-bond donors (Lipinski definition) is 1. The van der Waals surface area contributed by atoms with Crippen LogP contribution in [0, 0.1) is 11.3 Å². The maximum absolute atomic E-state index is 9.02. The molecule has 23 heavy (non-hydrogen) atoms. The highest BCUT2D eigenvalue weighted by Gasteiger charge is 2.14. The van der Waals surface area contributed by atoms with Crippen LogP contribution in [0.5, 0.6) is 0 Å². The molecule has 0 bridgehead atoms. The molecule has 0 aliphatic carbocycles. The molecule has 1 atom stereocenters. The summed E-state index contributed by atoms with van der Waals surface area (Å²) in [5.74, 6) is 0. The lowest BCUT2D eigenvalue weighted by Crippen LogP contribution is -2.22. The van der Waals surface area contributed by atoms with Crippen LogP contribution in [0.4, 0.5) is 0 Å². The first kappa shape index (κ1) is 15.0. The van der Waals surface area contributed by atoms with Gasteiger partial charge in [-0.2, -0.15) is 5.26 Å². The van der Waals surface area contributed by atoms with Crippen LogP contribution >= 0.6 is 0 Å². The van der Waals surface area contributed by atoms with Gasteiger partial charge in [0.25, 0.3) is 0 Å². The standard InChI is InChI=1S/C20H17N3/c21-14-16-7-6-8-17(13-16)15-23-20(18-9-2-1-3-10-18)19-11-4-5-12-22-19/h1-13,20,23H,15H2/t20-/m1/s1. The molecule has 3 nitrogen and oxygen atoms in total. The SMILES string of the molecule is N#Cc1cccc(CN[C@H](c2ccccc2)c2ccccn2)c1. The Hall–Kier alpha value is -2.96. The number of nitriles is 1. The molecule has 0 unspecified atom stereocenters. The molecule has 3 aromatic rings. The molecule has 0 saturated heterocycles. The van der Waals surface area contributed by atoms with Crippen molar-refractivity contribution in [1.82, 2.24) is 10.3 Å². The van der Waals surface area contributed by atoms with Crippen molar-refractivity contribution in [2.45, 2.75) is 12.6 Å². The molecule has 0 spiro atoms. The van der Waals surface area contributed by atoms with E-state index in [-0.39, 0.29) is 6.04 Å². The number of pyridine rings is 1. The van der Waals surface area contributed by atoms with E-state index in [9.17, 15) is 0 Å². The van der Waals surface area contributed by atoms with Crippen molar-refractivity contribution in [2.75, 3.05) is 0 Å². The van der Waals surface area contributed by atoms with Crippen molar-refractivity contribution in [1.29, 1.82) is 5.26 Å². The molecular weight excluding hydrogens is 282 g/mol. The van der Waals surface area contributed by atoms with Gasteiger partial charge in [-0.05, 0) is 35.4 Å². The van der Waals surface area contributed by atoms with Gasteiger partial charge in [0.05, 0.1) is 23.4 Å². The fourth-order valence-electron chi connectivity index (χ4n) is 2.56. The minimum Gasteiger partial charge on any atom is -0.301 e. The van der Waals surface area contributed by atoms with E-state index in [2.05, 4.69) is 28.5 Å². The number of hydrogen-bond acceptors (Lipinski definition) is 3. The van der Waals surface area contributed by atoms with Gasteiger partial charge in [0.2, 0.25) is 0 Å². The molecule has 0 radical (unpaired) electrons. The Labute approximate surface area is 136 Å². The fourth-order valence-corrected chi connectivity index (χ4v) is 2.56. The second kappa shape index (κ2) is 7.35. The zero-order chi connectivity index (χ0) is 15.9. The summed E-state index contributed by atoms with van der Waals surface area (Å²) in [4.78, 5) is 4.49. The van der Waals surface area contributed by atoms with Crippen LogP contribution in [-0.2, 0) is 6.54 Å². The van der Waals surface area contributed by atoms with Crippen molar-refractivity contribution >= 4 is 0 Å². The lowest BCUT2D eigenvalue weighted by atomic mass is 10.0.